The van der Waals surface area contributed by atoms with Crippen LogP contribution in [0.1, 0.15) is 59.8 Å². The third kappa shape index (κ3) is 1.60. The number of rotatable bonds is 1. The lowest BCUT2D eigenvalue weighted by Gasteiger charge is -2.56. The van der Waals surface area contributed by atoms with Gasteiger partial charge in [-0.25, -0.2) is 9.78 Å². The summed E-state index contributed by atoms with van der Waals surface area (Å²) in [7, 11) is 0. The lowest BCUT2D eigenvalue weighted by Crippen LogP contribution is -2.58. The van der Waals surface area contributed by atoms with Gasteiger partial charge in [-0.05, 0) is 56.8 Å². The van der Waals surface area contributed by atoms with Crippen molar-refractivity contribution in [2.45, 2.75) is 71.5 Å². The molecule has 2 aliphatic carbocycles. The van der Waals surface area contributed by atoms with Gasteiger partial charge in [0.05, 0.1) is 0 Å². The summed E-state index contributed by atoms with van der Waals surface area (Å²) in [5.74, 6) is 2.31. The summed E-state index contributed by atoms with van der Waals surface area (Å²) in [6.45, 7) is 9.24. The van der Waals surface area contributed by atoms with E-state index in [1.54, 1.807) is 0 Å². The van der Waals surface area contributed by atoms with Crippen LogP contribution in [0.3, 0.4) is 0 Å². The van der Waals surface area contributed by atoms with Gasteiger partial charge >= 0.3 is 0 Å². The molecule has 2 saturated carbocycles. The highest BCUT2D eigenvalue weighted by Gasteiger charge is 2.61. The van der Waals surface area contributed by atoms with Crippen molar-refractivity contribution >= 4 is 0 Å². The van der Waals surface area contributed by atoms with Gasteiger partial charge in [0.2, 0.25) is 0 Å². The molecule has 1 saturated heterocycles. The molecule has 1 heterocycles. The molecule has 2 heteroatoms. The van der Waals surface area contributed by atoms with E-state index in [9.17, 15) is 0 Å². The minimum absolute atomic E-state index is 0.00799. The molecule has 0 aromatic rings. The van der Waals surface area contributed by atoms with Crippen LogP contribution in [-0.4, -0.2) is 11.7 Å². The van der Waals surface area contributed by atoms with Crippen molar-refractivity contribution in [2.24, 2.45) is 23.2 Å². The molecule has 0 amide bonds. The third-order valence-corrected chi connectivity index (χ3v) is 5.70. The summed E-state index contributed by atoms with van der Waals surface area (Å²) < 4.78 is 0. The fraction of sp³-hybridized carbons (Fsp3) is 1.00. The SMILES string of the molecule is CC(C)C1OO[C@@]2(C)CC[C@H]3[C@H](C)CC[C@@]13C2. The Morgan fingerprint density at radius 3 is 2.65 bits per heavy atom. The van der Waals surface area contributed by atoms with Crippen molar-refractivity contribution in [1.82, 2.24) is 0 Å². The molecule has 2 bridgehead atoms. The molecule has 2 nitrogen and oxygen atoms in total. The largest absolute Gasteiger partial charge is 0.232 e. The van der Waals surface area contributed by atoms with Gasteiger partial charge in [0.1, 0.15) is 11.7 Å². The van der Waals surface area contributed by atoms with E-state index in [1.807, 2.05) is 0 Å². The van der Waals surface area contributed by atoms with Crippen LogP contribution in [0.25, 0.3) is 0 Å². The van der Waals surface area contributed by atoms with E-state index in [2.05, 4.69) is 27.7 Å². The number of fused-ring (bicyclic) bond motifs is 1. The zero-order valence-electron chi connectivity index (χ0n) is 11.7. The normalized spacial score (nSPS) is 53.8. The second-order valence-electron chi connectivity index (χ2n) is 7.37. The van der Waals surface area contributed by atoms with Crippen molar-refractivity contribution in [1.29, 1.82) is 0 Å². The van der Waals surface area contributed by atoms with Crippen LogP contribution in [0.4, 0.5) is 0 Å². The van der Waals surface area contributed by atoms with E-state index >= 15 is 0 Å². The van der Waals surface area contributed by atoms with E-state index in [4.69, 9.17) is 9.78 Å². The van der Waals surface area contributed by atoms with Gasteiger partial charge in [-0.3, -0.25) is 0 Å². The Morgan fingerprint density at radius 1 is 1.18 bits per heavy atom. The first-order chi connectivity index (χ1) is 7.97. The summed E-state index contributed by atoms with van der Waals surface area (Å²) in [4.78, 5) is 11.6. The highest BCUT2D eigenvalue weighted by atomic mass is 17.2. The van der Waals surface area contributed by atoms with Gasteiger partial charge in [-0.2, -0.15) is 0 Å². The molecule has 3 fully saturated rings. The van der Waals surface area contributed by atoms with Crippen LogP contribution in [0.2, 0.25) is 0 Å². The van der Waals surface area contributed by atoms with Crippen molar-refractivity contribution in [3.63, 3.8) is 0 Å². The quantitative estimate of drug-likeness (QED) is 0.644. The third-order valence-electron chi connectivity index (χ3n) is 5.70. The van der Waals surface area contributed by atoms with Gasteiger partial charge in [-0.1, -0.05) is 20.8 Å². The molecule has 1 unspecified atom stereocenters. The maximum atomic E-state index is 5.86. The van der Waals surface area contributed by atoms with Crippen LogP contribution in [0.5, 0.6) is 0 Å². The molecule has 0 radical (unpaired) electrons. The van der Waals surface area contributed by atoms with E-state index < -0.39 is 0 Å². The molecular weight excluding hydrogens is 212 g/mol. The highest BCUT2D eigenvalue weighted by Crippen LogP contribution is 2.63. The van der Waals surface area contributed by atoms with E-state index in [0.717, 1.165) is 11.8 Å². The maximum Gasteiger partial charge on any atom is 0.101 e. The minimum atomic E-state index is -0.00799. The van der Waals surface area contributed by atoms with Crippen LogP contribution < -0.4 is 0 Å². The summed E-state index contributed by atoms with van der Waals surface area (Å²) >= 11 is 0. The summed E-state index contributed by atoms with van der Waals surface area (Å²) in [6.07, 6.45) is 6.77. The Labute approximate surface area is 105 Å². The Bertz CT molecular complexity index is 314. The molecule has 1 aliphatic heterocycles. The smallest absolute Gasteiger partial charge is 0.101 e. The summed E-state index contributed by atoms with van der Waals surface area (Å²) in [6, 6.07) is 0. The van der Waals surface area contributed by atoms with E-state index in [0.29, 0.717) is 17.4 Å². The number of hydrogen-bond acceptors (Lipinski definition) is 2. The van der Waals surface area contributed by atoms with Crippen molar-refractivity contribution in [3.05, 3.63) is 0 Å². The van der Waals surface area contributed by atoms with Gasteiger partial charge in [0.25, 0.3) is 0 Å². The van der Waals surface area contributed by atoms with Crippen LogP contribution >= 0.6 is 0 Å². The molecule has 3 rings (SSSR count). The van der Waals surface area contributed by atoms with E-state index in [1.165, 1.54) is 32.1 Å². The van der Waals surface area contributed by atoms with Crippen molar-refractivity contribution in [2.75, 3.05) is 0 Å². The zero-order chi connectivity index (χ0) is 12.3. The standard InChI is InChI=1S/C15H26O2/c1-10(2)13-15-8-5-11(3)12(15)6-7-14(4,9-15)17-16-13/h10-13H,5-9H2,1-4H3/t11-,12+,13?,14+,15+/m1/s1. The topological polar surface area (TPSA) is 18.5 Å². The zero-order valence-corrected chi connectivity index (χ0v) is 11.7. The Kier molecular flexibility index (Phi) is 2.61. The van der Waals surface area contributed by atoms with Crippen LogP contribution in [0.15, 0.2) is 0 Å². The Hall–Kier alpha value is -0.0800. The number of hydrogen-bond donors (Lipinski definition) is 0. The molecule has 98 valence electrons. The van der Waals surface area contributed by atoms with Crippen molar-refractivity contribution in [3.8, 4) is 0 Å². The van der Waals surface area contributed by atoms with Crippen LogP contribution in [0, 0.1) is 23.2 Å². The first-order valence-electron chi connectivity index (χ1n) is 7.31. The molecule has 5 atom stereocenters. The van der Waals surface area contributed by atoms with Crippen LogP contribution in [-0.2, 0) is 9.78 Å². The predicted octanol–water partition coefficient (Wildman–Crippen LogP) is 3.95. The fourth-order valence-corrected chi connectivity index (χ4v) is 5.05. The Morgan fingerprint density at radius 2 is 1.94 bits per heavy atom. The van der Waals surface area contributed by atoms with E-state index in [-0.39, 0.29) is 5.60 Å². The average molecular weight is 238 g/mol. The first kappa shape index (κ1) is 12.0. The fourth-order valence-electron chi connectivity index (χ4n) is 5.05. The molecule has 1 spiro atoms. The average Bonchev–Trinajstić information content (AvgIpc) is 2.54. The maximum absolute atomic E-state index is 5.86. The highest BCUT2D eigenvalue weighted by molar-refractivity contribution is 5.08. The predicted molar refractivity (Wildman–Crippen MR) is 67.4 cm³/mol. The second-order valence-corrected chi connectivity index (χ2v) is 7.37. The van der Waals surface area contributed by atoms with Crippen molar-refractivity contribution < 1.29 is 9.78 Å². The summed E-state index contributed by atoms with van der Waals surface area (Å²) in [5, 5.41) is 0. The van der Waals surface area contributed by atoms with Gasteiger partial charge in [0.15, 0.2) is 0 Å². The van der Waals surface area contributed by atoms with Gasteiger partial charge in [-0.15, -0.1) is 0 Å². The lowest BCUT2D eigenvalue weighted by molar-refractivity contribution is -0.452. The molecule has 0 N–H and O–H groups in total. The monoisotopic (exact) mass is 238 g/mol. The molecule has 0 aromatic carbocycles. The van der Waals surface area contributed by atoms with Gasteiger partial charge in [0, 0.05) is 5.41 Å². The van der Waals surface area contributed by atoms with Gasteiger partial charge < -0.3 is 0 Å². The first-order valence-corrected chi connectivity index (χ1v) is 7.31. The molecule has 17 heavy (non-hydrogen) atoms. The molecule has 3 aliphatic rings. The molecule has 0 aromatic heterocycles. The summed E-state index contributed by atoms with van der Waals surface area (Å²) in [5.41, 5.74) is 0.408. The molecular formula is C15H26O2. The Balaban J connectivity index is 1.97. The second kappa shape index (κ2) is 3.71. The lowest BCUT2D eigenvalue weighted by atomic mass is 9.57. The minimum Gasteiger partial charge on any atom is -0.232 e.